The molecule has 4 aliphatic carbocycles. The fourth-order valence-corrected chi connectivity index (χ4v) is 5.28. The zero-order valence-corrected chi connectivity index (χ0v) is 13.1. The molecule has 3 heteroatoms. The molecule has 4 fully saturated rings. The van der Waals surface area contributed by atoms with Crippen LogP contribution in [0.25, 0.3) is 0 Å². The first kappa shape index (κ1) is 14.4. The molecule has 0 radical (unpaired) electrons. The van der Waals surface area contributed by atoms with Crippen LogP contribution in [0.15, 0.2) is 0 Å². The molecule has 20 heavy (non-hydrogen) atoms. The van der Waals surface area contributed by atoms with E-state index in [9.17, 15) is 4.79 Å². The molecule has 0 spiro atoms. The van der Waals surface area contributed by atoms with E-state index in [1.807, 2.05) is 0 Å². The van der Waals surface area contributed by atoms with E-state index < -0.39 is 0 Å². The molecule has 4 aliphatic rings. The lowest BCUT2D eigenvalue weighted by Crippen LogP contribution is -2.58. The summed E-state index contributed by atoms with van der Waals surface area (Å²) < 4.78 is 5.01. The number of ether oxygens (including phenoxy) is 1. The Balaban J connectivity index is 1.67. The van der Waals surface area contributed by atoms with Crippen molar-refractivity contribution < 1.29 is 9.53 Å². The largest absolute Gasteiger partial charge is 0.468 e. The Morgan fingerprint density at radius 3 is 2.10 bits per heavy atom. The van der Waals surface area contributed by atoms with Crippen LogP contribution in [0.2, 0.25) is 0 Å². The second-order valence-corrected chi connectivity index (χ2v) is 7.83. The summed E-state index contributed by atoms with van der Waals surface area (Å²) in [6.07, 6.45) is 7.92. The standard InChI is InChI=1S/C17H29NO2/c1-10(2)4-15(17(19)20-3)18-16-13-6-11-5-12(8-13)9-14(16)7-11/h10-16,18H,4-9H2,1-3H3. The van der Waals surface area contributed by atoms with Crippen LogP contribution >= 0.6 is 0 Å². The minimum Gasteiger partial charge on any atom is -0.468 e. The summed E-state index contributed by atoms with van der Waals surface area (Å²) in [5.74, 6) is 4.03. The number of nitrogens with one attached hydrogen (secondary N) is 1. The number of hydrogen-bond acceptors (Lipinski definition) is 3. The summed E-state index contributed by atoms with van der Waals surface area (Å²) in [7, 11) is 1.51. The van der Waals surface area contributed by atoms with Crippen molar-refractivity contribution in [3.63, 3.8) is 0 Å². The molecule has 0 heterocycles. The first-order valence-electron chi connectivity index (χ1n) is 8.40. The maximum Gasteiger partial charge on any atom is 0.322 e. The minimum absolute atomic E-state index is 0.0764. The van der Waals surface area contributed by atoms with E-state index in [2.05, 4.69) is 19.2 Å². The molecular formula is C17H29NO2. The zero-order chi connectivity index (χ0) is 14.3. The van der Waals surface area contributed by atoms with Gasteiger partial charge in [-0.2, -0.15) is 0 Å². The molecule has 4 saturated carbocycles. The van der Waals surface area contributed by atoms with Crippen molar-refractivity contribution in [3.8, 4) is 0 Å². The molecule has 0 amide bonds. The maximum atomic E-state index is 12.0. The molecule has 0 aliphatic heterocycles. The highest BCUT2D eigenvalue weighted by Crippen LogP contribution is 2.53. The Morgan fingerprint density at radius 1 is 1.10 bits per heavy atom. The Morgan fingerprint density at radius 2 is 1.65 bits per heavy atom. The molecule has 4 bridgehead atoms. The van der Waals surface area contributed by atoms with Crippen LogP contribution in [0.1, 0.15) is 52.4 Å². The van der Waals surface area contributed by atoms with Gasteiger partial charge in [0, 0.05) is 6.04 Å². The normalized spacial score (nSPS) is 40.1. The Bertz CT molecular complexity index is 338. The molecule has 0 aromatic heterocycles. The van der Waals surface area contributed by atoms with E-state index >= 15 is 0 Å². The van der Waals surface area contributed by atoms with Crippen LogP contribution in [0.5, 0.6) is 0 Å². The quantitative estimate of drug-likeness (QED) is 0.786. The number of hydrogen-bond donors (Lipinski definition) is 1. The minimum atomic E-state index is -0.109. The smallest absolute Gasteiger partial charge is 0.322 e. The summed E-state index contributed by atoms with van der Waals surface area (Å²) in [6, 6.07) is 0.452. The van der Waals surface area contributed by atoms with Gasteiger partial charge in [0.15, 0.2) is 0 Å². The van der Waals surface area contributed by atoms with Crippen LogP contribution in [0.4, 0.5) is 0 Å². The predicted molar refractivity (Wildman–Crippen MR) is 79.2 cm³/mol. The van der Waals surface area contributed by atoms with Gasteiger partial charge >= 0.3 is 5.97 Å². The number of carbonyl (C=O) groups excluding carboxylic acids is 1. The van der Waals surface area contributed by atoms with Gasteiger partial charge in [0.05, 0.1) is 7.11 Å². The summed E-state index contributed by atoms with van der Waals surface area (Å²) in [6.45, 7) is 4.35. The van der Waals surface area contributed by atoms with Crippen molar-refractivity contribution in [3.05, 3.63) is 0 Å². The average molecular weight is 279 g/mol. The fourth-order valence-electron chi connectivity index (χ4n) is 5.28. The SMILES string of the molecule is COC(=O)C(CC(C)C)NC1C2CC3CC(C2)CC1C3. The van der Waals surface area contributed by atoms with Gasteiger partial charge in [-0.3, -0.25) is 4.79 Å². The Hall–Kier alpha value is -0.570. The van der Waals surface area contributed by atoms with Crippen LogP contribution in [0, 0.1) is 29.6 Å². The van der Waals surface area contributed by atoms with Crippen molar-refractivity contribution in [2.24, 2.45) is 29.6 Å². The molecule has 0 aromatic rings. The van der Waals surface area contributed by atoms with E-state index in [0.29, 0.717) is 12.0 Å². The van der Waals surface area contributed by atoms with Crippen LogP contribution < -0.4 is 5.32 Å². The van der Waals surface area contributed by atoms with E-state index in [1.165, 1.54) is 39.2 Å². The van der Waals surface area contributed by atoms with E-state index in [-0.39, 0.29) is 12.0 Å². The van der Waals surface area contributed by atoms with Gasteiger partial charge in [0.2, 0.25) is 0 Å². The third kappa shape index (κ3) is 2.74. The summed E-state index contributed by atoms with van der Waals surface area (Å²) >= 11 is 0. The highest BCUT2D eigenvalue weighted by atomic mass is 16.5. The topological polar surface area (TPSA) is 38.3 Å². The third-order valence-electron chi connectivity index (χ3n) is 5.81. The van der Waals surface area contributed by atoms with Crippen molar-refractivity contribution in [2.75, 3.05) is 7.11 Å². The summed E-state index contributed by atoms with van der Waals surface area (Å²) in [5, 5.41) is 3.71. The molecule has 0 aromatic carbocycles. The van der Waals surface area contributed by atoms with Crippen LogP contribution in [0.3, 0.4) is 0 Å². The van der Waals surface area contributed by atoms with Crippen LogP contribution in [-0.2, 0) is 9.53 Å². The number of esters is 1. The van der Waals surface area contributed by atoms with Gasteiger partial charge in [-0.15, -0.1) is 0 Å². The molecule has 0 saturated heterocycles. The molecular weight excluding hydrogens is 250 g/mol. The number of rotatable bonds is 5. The van der Waals surface area contributed by atoms with Crippen LogP contribution in [-0.4, -0.2) is 25.2 Å². The second kappa shape index (κ2) is 5.67. The fraction of sp³-hybridized carbons (Fsp3) is 0.941. The summed E-state index contributed by atoms with van der Waals surface area (Å²) in [5.41, 5.74) is 0. The van der Waals surface area contributed by atoms with Gasteiger partial charge in [0.25, 0.3) is 0 Å². The van der Waals surface area contributed by atoms with Crippen molar-refractivity contribution in [1.29, 1.82) is 0 Å². The molecule has 3 nitrogen and oxygen atoms in total. The van der Waals surface area contributed by atoms with Gasteiger partial charge in [-0.05, 0) is 68.1 Å². The number of carbonyl (C=O) groups is 1. The Labute approximate surface area is 122 Å². The van der Waals surface area contributed by atoms with Crippen molar-refractivity contribution in [2.45, 2.75) is 64.5 Å². The second-order valence-electron chi connectivity index (χ2n) is 7.83. The summed E-state index contributed by atoms with van der Waals surface area (Å²) in [4.78, 5) is 12.0. The van der Waals surface area contributed by atoms with E-state index in [0.717, 1.165) is 30.1 Å². The molecule has 1 unspecified atom stereocenters. The van der Waals surface area contributed by atoms with Gasteiger partial charge in [-0.1, -0.05) is 13.8 Å². The Kier molecular flexibility index (Phi) is 4.07. The lowest BCUT2D eigenvalue weighted by atomic mass is 9.54. The first-order chi connectivity index (χ1) is 9.56. The zero-order valence-electron chi connectivity index (χ0n) is 13.1. The highest BCUT2D eigenvalue weighted by molar-refractivity contribution is 5.75. The number of methoxy groups -OCH3 is 1. The molecule has 4 rings (SSSR count). The predicted octanol–water partition coefficient (Wildman–Crippen LogP) is 2.99. The lowest BCUT2D eigenvalue weighted by molar-refractivity contribution is -0.144. The monoisotopic (exact) mass is 279 g/mol. The van der Waals surface area contributed by atoms with Crippen molar-refractivity contribution in [1.82, 2.24) is 5.32 Å². The van der Waals surface area contributed by atoms with E-state index in [4.69, 9.17) is 4.74 Å². The molecule has 1 N–H and O–H groups in total. The lowest BCUT2D eigenvalue weighted by Gasteiger charge is -2.55. The third-order valence-corrected chi connectivity index (χ3v) is 5.81. The molecule has 114 valence electrons. The van der Waals surface area contributed by atoms with Gasteiger partial charge in [-0.25, -0.2) is 0 Å². The average Bonchev–Trinajstić information content (AvgIpc) is 2.39. The first-order valence-corrected chi connectivity index (χ1v) is 8.40. The van der Waals surface area contributed by atoms with Gasteiger partial charge < -0.3 is 10.1 Å². The maximum absolute atomic E-state index is 12.0. The molecule has 1 atom stereocenters. The van der Waals surface area contributed by atoms with Gasteiger partial charge in [0.1, 0.15) is 6.04 Å². The highest BCUT2D eigenvalue weighted by Gasteiger charge is 2.48. The van der Waals surface area contributed by atoms with Crippen molar-refractivity contribution >= 4 is 5.97 Å². The van der Waals surface area contributed by atoms with E-state index in [1.54, 1.807) is 0 Å².